The Hall–Kier alpha value is -2.93. The number of rotatable bonds is 5. The van der Waals surface area contributed by atoms with Crippen LogP contribution in [0.5, 0.6) is 0 Å². The van der Waals surface area contributed by atoms with Gasteiger partial charge in [-0.2, -0.15) is 0 Å². The van der Waals surface area contributed by atoms with E-state index in [-0.39, 0.29) is 17.4 Å². The number of Topliss-reactive ketones (excluding diaryl/α,β-unsaturated/α-hetero) is 1. The van der Waals surface area contributed by atoms with E-state index in [1.54, 1.807) is 0 Å². The van der Waals surface area contributed by atoms with Crippen molar-refractivity contribution in [3.8, 4) is 11.5 Å². The molecular formula is C18H12FN3O2S. The molecule has 5 nitrogen and oxygen atoms in total. The second-order valence-corrected chi connectivity index (χ2v) is 6.27. The van der Waals surface area contributed by atoms with Crippen molar-refractivity contribution in [3.05, 3.63) is 66.1 Å². The first kappa shape index (κ1) is 15.6. The predicted octanol–water partition coefficient (Wildman–Crippen LogP) is 4.33. The van der Waals surface area contributed by atoms with Crippen LogP contribution in [0.3, 0.4) is 0 Å². The SMILES string of the molecule is O=C(CSc1nnc(-c2c[nH]c3ccccc23)o1)c1ccc(F)cc1. The molecule has 0 bridgehead atoms. The molecule has 4 rings (SSSR count). The van der Waals surface area contributed by atoms with Gasteiger partial charge in [0.15, 0.2) is 5.78 Å². The van der Waals surface area contributed by atoms with Crippen LogP contribution in [0.2, 0.25) is 0 Å². The summed E-state index contributed by atoms with van der Waals surface area (Å²) in [5.41, 5.74) is 2.25. The number of hydrogen-bond donors (Lipinski definition) is 1. The second kappa shape index (κ2) is 6.52. The summed E-state index contributed by atoms with van der Waals surface area (Å²) < 4.78 is 18.5. The van der Waals surface area contributed by atoms with Gasteiger partial charge < -0.3 is 9.40 Å². The number of nitrogens with one attached hydrogen (secondary N) is 1. The van der Waals surface area contributed by atoms with E-state index < -0.39 is 0 Å². The molecule has 0 amide bonds. The average molecular weight is 353 g/mol. The Morgan fingerprint density at radius 2 is 1.92 bits per heavy atom. The number of hydrogen-bond acceptors (Lipinski definition) is 5. The summed E-state index contributed by atoms with van der Waals surface area (Å²) >= 11 is 1.16. The molecule has 2 heterocycles. The van der Waals surface area contributed by atoms with Crippen molar-refractivity contribution in [2.45, 2.75) is 5.22 Å². The zero-order valence-electron chi connectivity index (χ0n) is 12.9. The highest BCUT2D eigenvalue weighted by molar-refractivity contribution is 7.99. The Labute approximate surface area is 146 Å². The first-order valence-corrected chi connectivity index (χ1v) is 8.51. The lowest BCUT2D eigenvalue weighted by atomic mass is 10.1. The van der Waals surface area contributed by atoms with E-state index in [0.717, 1.165) is 28.2 Å². The van der Waals surface area contributed by atoms with Crippen LogP contribution in [0.25, 0.3) is 22.4 Å². The predicted molar refractivity (Wildman–Crippen MR) is 93.0 cm³/mol. The van der Waals surface area contributed by atoms with E-state index in [4.69, 9.17) is 4.42 Å². The van der Waals surface area contributed by atoms with Gasteiger partial charge in [0.1, 0.15) is 5.82 Å². The van der Waals surface area contributed by atoms with E-state index in [1.807, 2.05) is 30.5 Å². The maximum atomic E-state index is 12.9. The molecular weight excluding hydrogens is 341 g/mol. The lowest BCUT2D eigenvalue weighted by Gasteiger charge is -1.98. The van der Waals surface area contributed by atoms with Crippen LogP contribution in [-0.4, -0.2) is 26.7 Å². The van der Waals surface area contributed by atoms with Crippen molar-refractivity contribution in [2.75, 3.05) is 5.75 Å². The molecule has 2 aromatic heterocycles. The van der Waals surface area contributed by atoms with E-state index in [2.05, 4.69) is 15.2 Å². The first-order valence-electron chi connectivity index (χ1n) is 7.52. The molecule has 2 aromatic carbocycles. The Balaban J connectivity index is 1.48. The summed E-state index contributed by atoms with van der Waals surface area (Å²) in [5, 5.41) is 9.34. The highest BCUT2D eigenvalue weighted by atomic mass is 32.2. The lowest BCUT2D eigenvalue weighted by Crippen LogP contribution is -2.02. The molecule has 0 spiro atoms. The minimum absolute atomic E-state index is 0.128. The molecule has 0 saturated carbocycles. The number of halogens is 1. The van der Waals surface area contributed by atoms with Crippen LogP contribution in [-0.2, 0) is 0 Å². The number of carbonyl (C=O) groups excluding carboxylic acids is 1. The minimum atomic E-state index is -0.371. The van der Waals surface area contributed by atoms with Gasteiger partial charge in [-0.05, 0) is 30.3 Å². The summed E-state index contributed by atoms with van der Waals surface area (Å²) in [6.45, 7) is 0. The van der Waals surface area contributed by atoms with Crippen LogP contribution < -0.4 is 0 Å². The number of nitrogens with zero attached hydrogens (tertiary/aromatic N) is 2. The molecule has 1 N–H and O–H groups in total. The fraction of sp³-hybridized carbons (Fsp3) is 0.0556. The molecule has 0 aliphatic rings. The number of carbonyl (C=O) groups is 1. The Morgan fingerprint density at radius 1 is 1.12 bits per heavy atom. The van der Waals surface area contributed by atoms with Gasteiger partial charge in [0.25, 0.3) is 11.1 Å². The Bertz CT molecular complexity index is 1040. The maximum Gasteiger partial charge on any atom is 0.277 e. The topological polar surface area (TPSA) is 71.8 Å². The van der Waals surface area contributed by atoms with Crippen LogP contribution >= 0.6 is 11.8 Å². The third-order valence-electron chi connectivity index (χ3n) is 3.72. The zero-order valence-corrected chi connectivity index (χ0v) is 13.7. The number of fused-ring (bicyclic) bond motifs is 1. The summed E-state index contributed by atoms with van der Waals surface area (Å²) in [5.74, 6) is 0.0386. The van der Waals surface area contributed by atoms with E-state index in [0.29, 0.717) is 16.7 Å². The molecule has 25 heavy (non-hydrogen) atoms. The largest absolute Gasteiger partial charge is 0.411 e. The van der Waals surface area contributed by atoms with Crippen molar-refractivity contribution < 1.29 is 13.6 Å². The molecule has 4 aromatic rings. The van der Waals surface area contributed by atoms with Crippen LogP contribution in [0.15, 0.2) is 64.4 Å². The zero-order chi connectivity index (χ0) is 17.2. The van der Waals surface area contributed by atoms with Gasteiger partial charge in [0.05, 0.1) is 11.3 Å². The normalized spacial score (nSPS) is 11.1. The third-order valence-corrected chi connectivity index (χ3v) is 4.54. The van der Waals surface area contributed by atoms with Crippen LogP contribution in [0, 0.1) is 5.82 Å². The molecule has 0 radical (unpaired) electrons. The Morgan fingerprint density at radius 3 is 2.76 bits per heavy atom. The highest BCUT2D eigenvalue weighted by Crippen LogP contribution is 2.29. The number of ketones is 1. The summed E-state index contributed by atoms with van der Waals surface area (Å²) in [4.78, 5) is 15.3. The summed E-state index contributed by atoms with van der Waals surface area (Å²) in [6, 6.07) is 13.3. The monoisotopic (exact) mass is 353 g/mol. The smallest absolute Gasteiger partial charge is 0.277 e. The molecule has 124 valence electrons. The van der Waals surface area contributed by atoms with E-state index in [9.17, 15) is 9.18 Å². The quantitative estimate of drug-likeness (QED) is 0.427. The number of thioether (sulfide) groups is 1. The fourth-order valence-electron chi connectivity index (χ4n) is 2.47. The average Bonchev–Trinajstić information content (AvgIpc) is 3.27. The maximum absolute atomic E-state index is 12.9. The summed E-state index contributed by atoms with van der Waals surface area (Å²) in [7, 11) is 0. The number of aromatic nitrogens is 3. The number of benzene rings is 2. The number of para-hydroxylation sites is 1. The van der Waals surface area contributed by atoms with Crippen molar-refractivity contribution >= 4 is 28.4 Å². The minimum Gasteiger partial charge on any atom is -0.411 e. The fourth-order valence-corrected chi connectivity index (χ4v) is 3.13. The molecule has 0 aliphatic heterocycles. The third kappa shape index (κ3) is 3.18. The van der Waals surface area contributed by atoms with Gasteiger partial charge >= 0.3 is 0 Å². The summed E-state index contributed by atoms with van der Waals surface area (Å²) in [6.07, 6.45) is 1.82. The van der Waals surface area contributed by atoms with E-state index >= 15 is 0 Å². The lowest BCUT2D eigenvalue weighted by molar-refractivity contribution is 0.102. The highest BCUT2D eigenvalue weighted by Gasteiger charge is 2.15. The van der Waals surface area contributed by atoms with Crippen LogP contribution in [0.1, 0.15) is 10.4 Å². The van der Waals surface area contributed by atoms with Gasteiger partial charge in [-0.1, -0.05) is 30.0 Å². The van der Waals surface area contributed by atoms with Crippen molar-refractivity contribution in [1.82, 2.24) is 15.2 Å². The van der Waals surface area contributed by atoms with Gasteiger partial charge in [-0.25, -0.2) is 4.39 Å². The van der Waals surface area contributed by atoms with Crippen molar-refractivity contribution in [2.24, 2.45) is 0 Å². The van der Waals surface area contributed by atoms with Crippen molar-refractivity contribution in [1.29, 1.82) is 0 Å². The molecule has 0 atom stereocenters. The van der Waals surface area contributed by atoms with E-state index in [1.165, 1.54) is 24.3 Å². The number of H-pyrrole nitrogens is 1. The molecule has 7 heteroatoms. The first-order chi connectivity index (χ1) is 12.2. The van der Waals surface area contributed by atoms with Gasteiger partial charge in [-0.15, -0.1) is 10.2 Å². The number of aromatic amines is 1. The van der Waals surface area contributed by atoms with Gasteiger partial charge in [-0.3, -0.25) is 4.79 Å². The molecule has 0 fully saturated rings. The van der Waals surface area contributed by atoms with Gasteiger partial charge in [0.2, 0.25) is 0 Å². The Kier molecular flexibility index (Phi) is 4.07. The van der Waals surface area contributed by atoms with Gasteiger partial charge in [0, 0.05) is 22.7 Å². The molecule has 0 aliphatic carbocycles. The molecule has 0 saturated heterocycles. The van der Waals surface area contributed by atoms with Crippen molar-refractivity contribution in [3.63, 3.8) is 0 Å². The second-order valence-electron chi connectivity index (χ2n) is 5.34. The van der Waals surface area contributed by atoms with Crippen LogP contribution in [0.4, 0.5) is 4.39 Å². The molecule has 0 unspecified atom stereocenters. The standard InChI is InChI=1S/C18H12FN3O2S/c19-12-7-5-11(6-8-12)16(23)10-25-18-22-21-17(24-18)14-9-20-15-4-2-1-3-13(14)15/h1-9,20H,10H2.